The van der Waals surface area contributed by atoms with E-state index in [4.69, 9.17) is 17.3 Å². The number of halogens is 1. The number of hydrogen-bond donors (Lipinski definition) is 1. The van der Waals surface area contributed by atoms with Gasteiger partial charge in [-0.05, 0) is 25.1 Å². The molecular formula is C16H23ClN4. The molecule has 1 heterocycles. The first-order chi connectivity index (χ1) is 10.0. The van der Waals surface area contributed by atoms with Crippen LogP contribution in [0.4, 0.5) is 0 Å². The number of hydrogen-bond acceptors (Lipinski definition) is 3. The van der Waals surface area contributed by atoms with E-state index in [0.29, 0.717) is 0 Å². The van der Waals surface area contributed by atoms with Crippen molar-refractivity contribution in [2.75, 3.05) is 7.05 Å². The molecule has 2 atom stereocenters. The molecule has 0 fully saturated rings. The van der Waals surface area contributed by atoms with Crippen molar-refractivity contribution in [2.24, 2.45) is 12.8 Å². The van der Waals surface area contributed by atoms with E-state index in [1.807, 2.05) is 42.2 Å². The first-order valence-electron chi connectivity index (χ1n) is 7.21. The maximum Gasteiger partial charge on any atom is 0.122 e. The molecule has 2 N–H and O–H groups in total. The molecule has 5 heteroatoms. The number of aromatic nitrogens is 2. The lowest BCUT2D eigenvalue weighted by molar-refractivity contribution is 0.195. The first kappa shape index (κ1) is 16.0. The Bertz CT molecular complexity index is 581. The lowest BCUT2D eigenvalue weighted by atomic mass is 9.96. The highest BCUT2D eigenvalue weighted by Crippen LogP contribution is 2.30. The minimum Gasteiger partial charge on any atom is -0.337 e. The zero-order valence-corrected chi connectivity index (χ0v) is 13.6. The Hall–Kier alpha value is -1.36. The van der Waals surface area contributed by atoms with E-state index in [-0.39, 0.29) is 12.1 Å². The average Bonchev–Trinajstić information content (AvgIpc) is 2.86. The van der Waals surface area contributed by atoms with Crippen LogP contribution in [0.25, 0.3) is 0 Å². The fraction of sp³-hybridized carbons (Fsp3) is 0.438. The lowest BCUT2D eigenvalue weighted by Gasteiger charge is -2.33. The molecule has 0 aliphatic rings. The van der Waals surface area contributed by atoms with Gasteiger partial charge in [-0.25, -0.2) is 4.98 Å². The third-order valence-corrected chi connectivity index (χ3v) is 4.23. The van der Waals surface area contributed by atoms with Gasteiger partial charge >= 0.3 is 0 Å². The monoisotopic (exact) mass is 306 g/mol. The van der Waals surface area contributed by atoms with E-state index in [1.54, 1.807) is 0 Å². The number of nitrogens with zero attached hydrogens (tertiary/aromatic N) is 3. The van der Waals surface area contributed by atoms with E-state index in [0.717, 1.165) is 29.4 Å². The van der Waals surface area contributed by atoms with Crippen LogP contribution in [-0.4, -0.2) is 27.5 Å². The fourth-order valence-corrected chi connectivity index (χ4v) is 2.85. The zero-order chi connectivity index (χ0) is 15.4. The van der Waals surface area contributed by atoms with Gasteiger partial charge in [0.2, 0.25) is 0 Å². The molecule has 0 radical (unpaired) electrons. The van der Waals surface area contributed by atoms with E-state index < -0.39 is 0 Å². The molecule has 1 aromatic heterocycles. The predicted molar refractivity (Wildman–Crippen MR) is 87.1 cm³/mol. The van der Waals surface area contributed by atoms with Crippen molar-refractivity contribution in [2.45, 2.75) is 32.0 Å². The highest BCUT2D eigenvalue weighted by molar-refractivity contribution is 6.31. The number of benzene rings is 1. The summed E-state index contributed by atoms with van der Waals surface area (Å²) in [5.41, 5.74) is 7.43. The van der Waals surface area contributed by atoms with Crippen LogP contribution < -0.4 is 5.73 Å². The highest BCUT2D eigenvalue weighted by atomic mass is 35.5. The molecule has 1 aromatic carbocycles. The summed E-state index contributed by atoms with van der Waals surface area (Å²) in [6, 6.07) is 8.01. The van der Waals surface area contributed by atoms with Crippen molar-refractivity contribution >= 4 is 11.6 Å². The van der Waals surface area contributed by atoms with Crippen LogP contribution in [0, 0.1) is 0 Å². The molecule has 0 aliphatic carbocycles. The number of aryl methyl sites for hydroxylation is 1. The van der Waals surface area contributed by atoms with Gasteiger partial charge in [-0.2, -0.15) is 0 Å². The van der Waals surface area contributed by atoms with Gasteiger partial charge in [0.15, 0.2) is 0 Å². The average molecular weight is 307 g/mol. The Morgan fingerprint density at radius 3 is 2.67 bits per heavy atom. The van der Waals surface area contributed by atoms with Crippen molar-refractivity contribution in [1.82, 2.24) is 14.5 Å². The smallest absolute Gasteiger partial charge is 0.122 e. The van der Waals surface area contributed by atoms with Crippen molar-refractivity contribution in [3.05, 3.63) is 53.1 Å². The van der Waals surface area contributed by atoms with Gasteiger partial charge in [-0.15, -0.1) is 0 Å². The van der Waals surface area contributed by atoms with Gasteiger partial charge < -0.3 is 10.3 Å². The van der Waals surface area contributed by atoms with E-state index in [1.165, 1.54) is 0 Å². The van der Waals surface area contributed by atoms with Crippen molar-refractivity contribution in [1.29, 1.82) is 0 Å². The number of rotatable bonds is 6. The molecule has 2 unspecified atom stereocenters. The summed E-state index contributed by atoms with van der Waals surface area (Å²) in [4.78, 5) is 6.61. The van der Waals surface area contributed by atoms with Crippen molar-refractivity contribution in [3.63, 3.8) is 0 Å². The Labute approximate surface area is 131 Å². The quantitative estimate of drug-likeness (QED) is 0.892. The minimum atomic E-state index is 0.0233. The summed E-state index contributed by atoms with van der Waals surface area (Å²) in [7, 11) is 4.07. The molecule has 114 valence electrons. The standard InChI is InChI=1S/C16H23ClN4/c1-4-14(18)16(12-7-5-6-8-13(12)17)21(3)11-15-19-9-10-20(15)2/h5-10,14,16H,4,11,18H2,1-3H3. The Balaban J connectivity index is 2.28. The van der Waals surface area contributed by atoms with Gasteiger partial charge in [0.05, 0.1) is 12.6 Å². The van der Waals surface area contributed by atoms with Gasteiger partial charge in [0, 0.05) is 30.5 Å². The summed E-state index contributed by atoms with van der Waals surface area (Å²) >= 11 is 6.37. The second-order valence-electron chi connectivity index (χ2n) is 5.41. The summed E-state index contributed by atoms with van der Waals surface area (Å²) < 4.78 is 2.03. The second-order valence-corrected chi connectivity index (χ2v) is 5.82. The summed E-state index contributed by atoms with van der Waals surface area (Å²) in [6.45, 7) is 2.83. The Morgan fingerprint density at radius 1 is 1.38 bits per heavy atom. The largest absolute Gasteiger partial charge is 0.337 e. The van der Waals surface area contributed by atoms with Gasteiger partial charge in [0.25, 0.3) is 0 Å². The molecule has 0 saturated carbocycles. The van der Waals surface area contributed by atoms with E-state index >= 15 is 0 Å². The van der Waals surface area contributed by atoms with Crippen LogP contribution in [0.5, 0.6) is 0 Å². The normalized spacial score (nSPS) is 14.4. The topological polar surface area (TPSA) is 47.1 Å². The number of imidazole rings is 1. The van der Waals surface area contributed by atoms with Crippen LogP contribution in [0.2, 0.25) is 5.02 Å². The molecule has 0 aliphatic heterocycles. The molecule has 0 spiro atoms. The van der Waals surface area contributed by atoms with Crippen LogP contribution in [0.1, 0.15) is 30.8 Å². The summed E-state index contributed by atoms with van der Waals surface area (Å²) in [5.74, 6) is 1.01. The molecule has 2 aromatic rings. The molecule has 2 rings (SSSR count). The van der Waals surface area contributed by atoms with Crippen LogP contribution in [0.15, 0.2) is 36.7 Å². The molecule has 0 bridgehead atoms. The van der Waals surface area contributed by atoms with Crippen LogP contribution >= 0.6 is 11.6 Å². The van der Waals surface area contributed by atoms with Gasteiger partial charge in [0.1, 0.15) is 5.82 Å². The van der Waals surface area contributed by atoms with Crippen LogP contribution in [0.3, 0.4) is 0 Å². The summed E-state index contributed by atoms with van der Waals surface area (Å²) in [5, 5.41) is 0.762. The summed E-state index contributed by atoms with van der Waals surface area (Å²) in [6.07, 6.45) is 4.65. The molecule has 0 saturated heterocycles. The van der Waals surface area contributed by atoms with Crippen molar-refractivity contribution < 1.29 is 0 Å². The molecule has 4 nitrogen and oxygen atoms in total. The molecule has 21 heavy (non-hydrogen) atoms. The predicted octanol–water partition coefficient (Wildman–Crippen LogP) is 2.98. The maximum absolute atomic E-state index is 6.37. The Morgan fingerprint density at radius 2 is 2.10 bits per heavy atom. The highest BCUT2D eigenvalue weighted by Gasteiger charge is 2.25. The first-order valence-corrected chi connectivity index (χ1v) is 7.58. The SMILES string of the molecule is CCC(N)C(c1ccccc1Cl)N(C)Cc1nccn1C. The van der Waals surface area contributed by atoms with Gasteiger partial charge in [-0.3, -0.25) is 4.90 Å². The van der Waals surface area contributed by atoms with E-state index in [9.17, 15) is 0 Å². The fourth-order valence-electron chi connectivity index (χ4n) is 2.60. The van der Waals surface area contributed by atoms with Crippen LogP contribution in [-0.2, 0) is 13.6 Å². The minimum absolute atomic E-state index is 0.0233. The Kier molecular flexibility index (Phi) is 5.39. The third kappa shape index (κ3) is 3.64. The van der Waals surface area contributed by atoms with Gasteiger partial charge in [-0.1, -0.05) is 36.7 Å². The maximum atomic E-state index is 6.37. The number of likely N-dealkylation sites (N-methyl/N-ethyl adjacent to an activating group) is 1. The van der Waals surface area contributed by atoms with E-state index in [2.05, 4.69) is 29.9 Å². The third-order valence-electron chi connectivity index (χ3n) is 3.89. The zero-order valence-electron chi connectivity index (χ0n) is 12.8. The van der Waals surface area contributed by atoms with Crippen molar-refractivity contribution in [3.8, 4) is 0 Å². The second kappa shape index (κ2) is 7.07. The number of nitrogens with two attached hydrogens (primary N) is 1. The lowest BCUT2D eigenvalue weighted by Crippen LogP contribution is -2.39. The molecule has 0 amide bonds. The molecular weight excluding hydrogens is 284 g/mol.